The van der Waals surface area contributed by atoms with E-state index in [1.807, 2.05) is 0 Å². The third kappa shape index (κ3) is 9.30. The van der Waals surface area contributed by atoms with E-state index in [4.69, 9.17) is 0 Å². The van der Waals surface area contributed by atoms with Gasteiger partial charge in [-0.15, -0.1) is 0 Å². The highest BCUT2D eigenvalue weighted by molar-refractivity contribution is 5.68. The van der Waals surface area contributed by atoms with E-state index < -0.39 is 0 Å². The molecular formula is C9H20N2O2. The van der Waals surface area contributed by atoms with E-state index >= 15 is 0 Å². The standard InChI is InChI=1S/C5H10O2.C4H10N2/c1-3-5(6)7-4-2;1-2-6-4-3-5-1/h3-4H2,1-2H3;5-6H,1-4H2. The molecule has 0 unspecified atom stereocenters. The van der Waals surface area contributed by atoms with E-state index in [2.05, 4.69) is 15.4 Å². The van der Waals surface area contributed by atoms with Gasteiger partial charge < -0.3 is 15.4 Å². The van der Waals surface area contributed by atoms with Crippen LogP contribution in [0.15, 0.2) is 0 Å². The second-order valence-corrected chi connectivity index (χ2v) is 2.66. The highest BCUT2D eigenvalue weighted by Gasteiger charge is 1.91. The summed E-state index contributed by atoms with van der Waals surface area (Å²) < 4.78 is 4.55. The molecule has 4 nitrogen and oxygen atoms in total. The molecule has 1 heterocycles. The lowest BCUT2D eigenvalue weighted by Gasteiger charge is -2.11. The molecule has 4 heteroatoms. The fraction of sp³-hybridized carbons (Fsp3) is 0.889. The molecule has 1 aliphatic heterocycles. The van der Waals surface area contributed by atoms with Crippen LogP contribution in [-0.4, -0.2) is 38.8 Å². The molecule has 0 aromatic heterocycles. The smallest absolute Gasteiger partial charge is 0.305 e. The SMILES string of the molecule is C1CNCCN1.CCOC(=O)CC. The van der Waals surface area contributed by atoms with Gasteiger partial charge in [0.05, 0.1) is 6.61 Å². The topological polar surface area (TPSA) is 50.4 Å². The Balaban J connectivity index is 0.000000223. The van der Waals surface area contributed by atoms with Gasteiger partial charge in [0.2, 0.25) is 0 Å². The Labute approximate surface area is 80.0 Å². The van der Waals surface area contributed by atoms with Crippen LogP contribution < -0.4 is 10.6 Å². The molecule has 2 N–H and O–H groups in total. The van der Waals surface area contributed by atoms with Crippen LogP contribution in [0.4, 0.5) is 0 Å². The number of hydrogen-bond acceptors (Lipinski definition) is 4. The number of carbonyl (C=O) groups excluding carboxylic acids is 1. The van der Waals surface area contributed by atoms with Crippen molar-refractivity contribution in [2.45, 2.75) is 20.3 Å². The van der Waals surface area contributed by atoms with Crippen LogP contribution in [0.1, 0.15) is 20.3 Å². The van der Waals surface area contributed by atoms with E-state index in [1.54, 1.807) is 13.8 Å². The highest BCUT2D eigenvalue weighted by Crippen LogP contribution is 1.80. The first kappa shape index (κ1) is 12.4. The Morgan fingerprint density at radius 2 is 1.62 bits per heavy atom. The zero-order valence-electron chi connectivity index (χ0n) is 8.56. The van der Waals surface area contributed by atoms with Crippen molar-refractivity contribution in [1.82, 2.24) is 10.6 Å². The maximum absolute atomic E-state index is 10.2. The van der Waals surface area contributed by atoms with Gasteiger partial charge in [0.15, 0.2) is 0 Å². The van der Waals surface area contributed by atoms with E-state index in [1.165, 1.54) is 0 Å². The summed E-state index contributed by atoms with van der Waals surface area (Å²) in [6.07, 6.45) is 0.480. The van der Waals surface area contributed by atoms with Crippen molar-refractivity contribution in [3.05, 3.63) is 0 Å². The Kier molecular flexibility index (Phi) is 9.03. The minimum Gasteiger partial charge on any atom is -0.466 e. The number of esters is 1. The molecule has 0 aliphatic carbocycles. The third-order valence-electron chi connectivity index (χ3n) is 1.55. The molecule has 78 valence electrons. The predicted octanol–water partition coefficient (Wildman–Crippen LogP) is 0.139. The van der Waals surface area contributed by atoms with E-state index in [9.17, 15) is 4.79 Å². The second kappa shape index (κ2) is 9.48. The first-order chi connectivity index (χ1) is 6.31. The number of piperazine rings is 1. The monoisotopic (exact) mass is 188 g/mol. The average Bonchev–Trinajstić information content (AvgIpc) is 2.22. The summed E-state index contributed by atoms with van der Waals surface area (Å²) in [6.45, 7) is 8.62. The van der Waals surface area contributed by atoms with Crippen molar-refractivity contribution in [1.29, 1.82) is 0 Å². The molecule has 13 heavy (non-hydrogen) atoms. The zero-order valence-corrected chi connectivity index (χ0v) is 8.56. The lowest BCUT2D eigenvalue weighted by atomic mass is 10.4. The molecule has 0 saturated carbocycles. The molecule has 1 fully saturated rings. The molecule has 0 radical (unpaired) electrons. The van der Waals surface area contributed by atoms with Gasteiger partial charge in [0.25, 0.3) is 0 Å². The summed E-state index contributed by atoms with van der Waals surface area (Å²) >= 11 is 0. The molecule has 0 atom stereocenters. The number of hydrogen-bond donors (Lipinski definition) is 2. The van der Waals surface area contributed by atoms with Gasteiger partial charge in [-0.2, -0.15) is 0 Å². The highest BCUT2D eigenvalue weighted by atomic mass is 16.5. The Bertz CT molecular complexity index is 113. The summed E-state index contributed by atoms with van der Waals surface area (Å²) in [6, 6.07) is 0. The van der Waals surface area contributed by atoms with Crippen LogP contribution in [0.3, 0.4) is 0 Å². The van der Waals surface area contributed by atoms with Crippen LogP contribution in [0.2, 0.25) is 0 Å². The Hall–Kier alpha value is -0.610. The first-order valence-corrected chi connectivity index (χ1v) is 4.88. The van der Waals surface area contributed by atoms with Crippen LogP contribution in [0, 0.1) is 0 Å². The molecule has 1 rings (SSSR count). The summed E-state index contributed by atoms with van der Waals surface area (Å²) in [5.74, 6) is -0.123. The minimum absolute atomic E-state index is 0.123. The van der Waals surface area contributed by atoms with Gasteiger partial charge >= 0.3 is 5.97 Å². The fourth-order valence-corrected chi connectivity index (χ4v) is 0.867. The van der Waals surface area contributed by atoms with Gasteiger partial charge in [0, 0.05) is 32.6 Å². The number of rotatable bonds is 2. The summed E-state index contributed by atoms with van der Waals surface area (Å²) in [4.78, 5) is 10.2. The van der Waals surface area contributed by atoms with Crippen LogP contribution in [0.25, 0.3) is 0 Å². The largest absolute Gasteiger partial charge is 0.466 e. The molecule has 0 spiro atoms. The van der Waals surface area contributed by atoms with Crippen LogP contribution >= 0.6 is 0 Å². The minimum atomic E-state index is -0.123. The predicted molar refractivity (Wildman–Crippen MR) is 52.7 cm³/mol. The van der Waals surface area contributed by atoms with Gasteiger partial charge in [0.1, 0.15) is 0 Å². The Morgan fingerprint density at radius 3 is 1.77 bits per heavy atom. The van der Waals surface area contributed by atoms with Crippen molar-refractivity contribution in [2.75, 3.05) is 32.8 Å². The number of ether oxygens (including phenoxy) is 1. The average molecular weight is 188 g/mol. The molecule has 1 saturated heterocycles. The summed E-state index contributed by atoms with van der Waals surface area (Å²) in [5.41, 5.74) is 0. The van der Waals surface area contributed by atoms with Gasteiger partial charge in [-0.25, -0.2) is 0 Å². The fourth-order valence-electron chi connectivity index (χ4n) is 0.867. The molecule has 0 aromatic carbocycles. The van der Waals surface area contributed by atoms with Crippen LogP contribution in [0.5, 0.6) is 0 Å². The lowest BCUT2D eigenvalue weighted by molar-refractivity contribution is -0.142. The van der Waals surface area contributed by atoms with E-state index in [-0.39, 0.29) is 5.97 Å². The quantitative estimate of drug-likeness (QED) is 0.605. The molecule has 0 aromatic rings. The number of nitrogens with one attached hydrogen (secondary N) is 2. The maximum Gasteiger partial charge on any atom is 0.305 e. The maximum atomic E-state index is 10.2. The van der Waals surface area contributed by atoms with Gasteiger partial charge in [-0.05, 0) is 6.92 Å². The lowest BCUT2D eigenvalue weighted by Crippen LogP contribution is -2.39. The van der Waals surface area contributed by atoms with Crippen LogP contribution in [-0.2, 0) is 9.53 Å². The number of carbonyl (C=O) groups is 1. The Morgan fingerprint density at radius 1 is 1.15 bits per heavy atom. The molecular weight excluding hydrogens is 168 g/mol. The van der Waals surface area contributed by atoms with Crippen molar-refractivity contribution in [3.63, 3.8) is 0 Å². The van der Waals surface area contributed by atoms with E-state index in [0.29, 0.717) is 13.0 Å². The summed E-state index contributed by atoms with van der Waals surface area (Å²) in [7, 11) is 0. The van der Waals surface area contributed by atoms with Crippen molar-refractivity contribution in [2.24, 2.45) is 0 Å². The zero-order chi connectivity index (χ0) is 9.94. The van der Waals surface area contributed by atoms with E-state index in [0.717, 1.165) is 26.2 Å². The molecule has 0 bridgehead atoms. The van der Waals surface area contributed by atoms with Gasteiger partial charge in [-0.1, -0.05) is 6.92 Å². The van der Waals surface area contributed by atoms with Crippen molar-refractivity contribution >= 4 is 5.97 Å². The van der Waals surface area contributed by atoms with Crippen molar-refractivity contribution in [3.8, 4) is 0 Å². The first-order valence-electron chi connectivity index (χ1n) is 4.88. The molecule has 1 aliphatic rings. The third-order valence-corrected chi connectivity index (χ3v) is 1.55. The second-order valence-electron chi connectivity index (χ2n) is 2.66. The van der Waals surface area contributed by atoms with Crippen molar-refractivity contribution < 1.29 is 9.53 Å². The normalized spacial score (nSPS) is 15.5. The summed E-state index contributed by atoms with van der Waals surface area (Å²) in [5, 5.41) is 6.44. The van der Waals surface area contributed by atoms with Gasteiger partial charge in [-0.3, -0.25) is 4.79 Å². The molecule has 0 amide bonds.